The lowest BCUT2D eigenvalue weighted by atomic mass is 10.0. The smallest absolute Gasteiger partial charge is 0.325 e. The highest BCUT2D eigenvalue weighted by atomic mass is 32.2. The molecule has 6 nitrogen and oxygen atoms in total. The first-order valence-corrected chi connectivity index (χ1v) is 8.24. The van der Waals surface area contributed by atoms with Crippen molar-refractivity contribution in [2.24, 2.45) is 0 Å². The molecule has 0 aromatic heterocycles. The van der Waals surface area contributed by atoms with Crippen LogP contribution in [0.3, 0.4) is 0 Å². The van der Waals surface area contributed by atoms with E-state index >= 15 is 0 Å². The minimum Gasteiger partial charge on any atom is -0.496 e. The average Bonchev–Trinajstić information content (AvgIpc) is 2.89. The molecule has 0 spiro atoms. The standard InChI is InChI=1S/C18H15NO5S/c1-23-14-8-7-11-5-3-4-6-12(11)13(14)9-15-17(21)19(18(22)25-15)10-16(20)24-2/h3-9H,10H2,1-2H3/b15-9-. The van der Waals surface area contributed by atoms with E-state index in [0.29, 0.717) is 11.3 Å². The van der Waals surface area contributed by atoms with Crippen LogP contribution in [-0.2, 0) is 14.3 Å². The molecular formula is C18H15NO5S. The van der Waals surface area contributed by atoms with Crippen molar-refractivity contribution in [3.8, 4) is 5.75 Å². The molecule has 1 fully saturated rings. The molecule has 25 heavy (non-hydrogen) atoms. The van der Waals surface area contributed by atoms with E-state index < -0.39 is 23.7 Å². The normalized spacial score (nSPS) is 15.9. The van der Waals surface area contributed by atoms with Gasteiger partial charge in [0.25, 0.3) is 11.1 Å². The summed E-state index contributed by atoms with van der Waals surface area (Å²) in [5.41, 5.74) is 0.712. The molecule has 0 aliphatic carbocycles. The molecule has 1 aliphatic heterocycles. The Labute approximate surface area is 148 Å². The number of fused-ring (bicyclic) bond motifs is 1. The van der Waals surface area contributed by atoms with Crippen LogP contribution in [0.1, 0.15) is 5.56 Å². The number of amides is 2. The molecular weight excluding hydrogens is 342 g/mol. The maximum absolute atomic E-state index is 12.5. The number of esters is 1. The summed E-state index contributed by atoms with van der Waals surface area (Å²) in [7, 11) is 2.75. The maximum Gasteiger partial charge on any atom is 0.325 e. The average molecular weight is 357 g/mol. The number of hydrogen-bond donors (Lipinski definition) is 0. The summed E-state index contributed by atoms with van der Waals surface area (Å²) in [4.78, 5) is 37.0. The van der Waals surface area contributed by atoms with E-state index in [-0.39, 0.29) is 4.91 Å². The molecule has 0 radical (unpaired) electrons. The molecule has 1 aliphatic rings. The summed E-state index contributed by atoms with van der Waals surface area (Å²) < 4.78 is 9.92. The lowest BCUT2D eigenvalue weighted by Gasteiger charge is -2.11. The van der Waals surface area contributed by atoms with Crippen molar-refractivity contribution in [2.45, 2.75) is 0 Å². The molecule has 3 rings (SSSR count). The van der Waals surface area contributed by atoms with E-state index in [1.807, 2.05) is 36.4 Å². The molecule has 2 aromatic carbocycles. The fourth-order valence-corrected chi connectivity index (χ4v) is 3.38. The first kappa shape index (κ1) is 17.0. The van der Waals surface area contributed by atoms with Crippen molar-refractivity contribution in [1.29, 1.82) is 0 Å². The van der Waals surface area contributed by atoms with Gasteiger partial charge in [-0.3, -0.25) is 19.3 Å². The number of methoxy groups -OCH3 is 2. The highest BCUT2D eigenvalue weighted by Crippen LogP contribution is 2.36. The van der Waals surface area contributed by atoms with Gasteiger partial charge in [0.2, 0.25) is 0 Å². The number of rotatable bonds is 4. The van der Waals surface area contributed by atoms with Gasteiger partial charge in [-0.15, -0.1) is 0 Å². The third kappa shape index (κ3) is 3.23. The molecule has 0 bridgehead atoms. The van der Waals surface area contributed by atoms with Gasteiger partial charge in [0.05, 0.1) is 19.1 Å². The number of benzene rings is 2. The third-order valence-electron chi connectivity index (χ3n) is 3.81. The fourth-order valence-electron chi connectivity index (χ4n) is 2.56. The van der Waals surface area contributed by atoms with Gasteiger partial charge in [-0.25, -0.2) is 0 Å². The van der Waals surface area contributed by atoms with Crippen molar-refractivity contribution in [3.63, 3.8) is 0 Å². The first-order chi connectivity index (χ1) is 12.0. The first-order valence-electron chi connectivity index (χ1n) is 7.43. The topological polar surface area (TPSA) is 72.9 Å². The Bertz CT molecular complexity index is 905. The third-order valence-corrected chi connectivity index (χ3v) is 4.72. The van der Waals surface area contributed by atoms with E-state index in [2.05, 4.69) is 4.74 Å². The second-order valence-electron chi connectivity index (χ2n) is 5.25. The van der Waals surface area contributed by atoms with Crippen LogP contribution in [0.4, 0.5) is 4.79 Å². The van der Waals surface area contributed by atoms with Crippen LogP contribution < -0.4 is 4.74 Å². The summed E-state index contributed by atoms with van der Waals surface area (Å²) >= 11 is 0.792. The summed E-state index contributed by atoms with van der Waals surface area (Å²) in [6, 6.07) is 11.4. The summed E-state index contributed by atoms with van der Waals surface area (Å²) in [5.74, 6) is -0.569. The highest BCUT2D eigenvalue weighted by Gasteiger charge is 2.36. The minimum atomic E-state index is -0.647. The van der Waals surface area contributed by atoms with Crippen molar-refractivity contribution in [1.82, 2.24) is 4.90 Å². The van der Waals surface area contributed by atoms with Crippen molar-refractivity contribution in [3.05, 3.63) is 46.9 Å². The Kier molecular flexibility index (Phi) is 4.76. The van der Waals surface area contributed by atoms with E-state index in [9.17, 15) is 14.4 Å². The van der Waals surface area contributed by atoms with Crippen LogP contribution in [0.5, 0.6) is 5.75 Å². The molecule has 0 saturated carbocycles. The van der Waals surface area contributed by atoms with Gasteiger partial charge in [0.1, 0.15) is 12.3 Å². The molecule has 2 aromatic rings. The largest absolute Gasteiger partial charge is 0.496 e. The predicted molar refractivity (Wildman–Crippen MR) is 95.2 cm³/mol. The Hall–Kier alpha value is -2.80. The van der Waals surface area contributed by atoms with Crippen molar-refractivity contribution >= 4 is 45.7 Å². The van der Waals surface area contributed by atoms with E-state index in [4.69, 9.17) is 4.74 Å². The van der Waals surface area contributed by atoms with Gasteiger partial charge in [-0.2, -0.15) is 0 Å². The number of carbonyl (C=O) groups excluding carboxylic acids is 3. The van der Waals surface area contributed by atoms with E-state index in [1.54, 1.807) is 13.2 Å². The number of hydrogen-bond acceptors (Lipinski definition) is 6. The second kappa shape index (κ2) is 6.98. The van der Waals surface area contributed by atoms with Gasteiger partial charge >= 0.3 is 5.97 Å². The van der Waals surface area contributed by atoms with Gasteiger partial charge in [0, 0.05) is 5.56 Å². The molecule has 128 valence electrons. The van der Waals surface area contributed by atoms with Gasteiger partial charge in [-0.1, -0.05) is 30.3 Å². The monoisotopic (exact) mass is 357 g/mol. The Morgan fingerprint density at radius 1 is 1.16 bits per heavy atom. The van der Waals surface area contributed by atoms with Crippen LogP contribution >= 0.6 is 11.8 Å². The number of ether oxygens (including phenoxy) is 2. The SMILES string of the molecule is COC(=O)CN1C(=O)S/C(=C\c2c(OC)ccc3ccccc23)C1=O. The van der Waals surface area contributed by atoms with E-state index in [0.717, 1.165) is 27.4 Å². The molecule has 1 saturated heterocycles. The van der Waals surface area contributed by atoms with Crippen molar-refractivity contribution < 1.29 is 23.9 Å². The van der Waals surface area contributed by atoms with Crippen molar-refractivity contribution in [2.75, 3.05) is 20.8 Å². The molecule has 7 heteroatoms. The lowest BCUT2D eigenvalue weighted by molar-refractivity contribution is -0.143. The fraction of sp³-hybridized carbons (Fsp3) is 0.167. The molecule has 0 N–H and O–H groups in total. The predicted octanol–water partition coefficient (Wildman–Crippen LogP) is 3.06. The second-order valence-corrected chi connectivity index (χ2v) is 6.24. The molecule has 1 heterocycles. The summed E-state index contributed by atoms with van der Waals surface area (Å²) in [6.45, 7) is -0.398. The minimum absolute atomic E-state index is 0.239. The lowest BCUT2D eigenvalue weighted by Crippen LogP contribution is -2.34. The number of thioether (sulfide) groups is 1. The Morgan fingerprint density at radius 3 is 2.64 bits per heavy atom. The number of carbonyl (C=O) groups is 3. The van der Waals surface area contributed by atoms with Crippen LogP contribution in [0.15, 0.2) is 41.3 Å². The molecule has 0 atom stereocenters. The van der Waals surface area contributed by atoms with Crippen LogP contribution in [0.2, 0.25) is 0 Å². The van der Waals surface area contributed by atoms with E-state index in [1.165, 1.54) is 7.11 Å². The Balaban J connectivity index is 2.04. The van der Waals surface area contributed by atoms with Gasteiger partial charge in [-0.05, 0) is 34.7 Å². The van der Waals surface area contributed by atoms with Crippen LogP contribution in [0, 0.1) is 0 Å². The van der Waals surface area contributed by atoms with Crippen LogP contribution in [0.25, 0.3) is 16.8 Å². The van der Waals surface area contributed by atoms with Crippen LogP contribution in [-0.4, -0.2) is 42.8 Å². The molecule has 2 amide bonds. The Morgan fingerprint density at radius 2 is 1.92 bits per heavy atom. The maximum atomic E-state index is 12.5. The van der Waals surface area contributed by atoms with Gasteiger partial charge in [0.15, 0.2) is 0 Å². The zero-order chi connectivity index (χ0) is 18.0. The van der Waals surface area contributed by atoms with Gasteiger partial charge < -0.3 is 9.47 Å². The number of imide groups is 1. The number of nitrogens with zero attached hydrogens (tertiary/aromatic N) is 1. The summed E-state index contributed by atoms with van der Waals surface area (Å²) in [6.07, 6.45) is 1.63. The summed E-state index contributed by atoms with van der Waals surface area (Å²) in [5, 5.41) is 1.39. The highest BCUT2D eigenvalue weighted by molar-refractivity contribution is 8.18. The zero-order valence-corrected chi connectivity index (χ0v) is 14.5. The quantitative estimate of drug-likeness (QED) is 0.619. The zero-order valence-electron chi connectivity index (χ0n) is 13.6. The molecule has 0 unspecified atom stereocenters.